The largest absolute Gasteiger partial charge is 0.353 e. The summed E-state index contributed by atoms with van der Waals surface area (Å²) < 4.78 is 23.1. The lowest BCUT2D eigenvalue weighted by Crippen LogP contribution is -2.25. The van der Waals surface area contributed by atoms with Gasteiger partial charge in [-0.1, -0.05) is 0 Å². The molecule has 11 nitrogen and oxygen atoms in total. The third-order valence-corrected chi connectivity index (χ3v) is 5.29. The maximum atomic E-state index is 11.7. The molecule has 3 rings (SSSR count). The highest BCUT2D eigenvalue weighted by Gasteiger charge is 2.24. The number of carbonyl (C=O) groups is 1. The van der Waals surface area contributed by atoms with E-state index in [2.05, 4.69) is 20.6 Å². The summed E-state index contributed by atoms with van der Waals surface area (Å²) in [4.78, 5) is 31.9. The maximum absolute atomic E-state index is 11.7. The van der Waals surface area contributed by atoms with Crippen molar-refractivity contribution in [3.63, 3.8) is 0 Å². The zero-order valence-corrected chi connectivity index (χ0v) is 16.9. The minimum absolute atomic E-state index is 0.0302. The molecule has 0 atom stereocenters. The minimum atomic E-state index is -3.36. The fourth-order valence-corrected chi connectivity index (χ4v) is 3.25. The van der Waals surface area contributed by atoms with Gasteiger partial charge in [0.25, 0.3) is 0 Å². The van der Waals surface area contributed by atoms with Crippen LogP contribution in [0.15, 0.2) is 59.5 Å². The van der Waals surface area contributed by atoms with Gasteiger partial charge in [-0.05, 0) is 36.4 Å². The van der Waals surface area contributed by atoms with Gasteiger partial charge in [-0.15, -0.1) is 0 Å². The molecule has 1 aliphatic rings. The Balaban J connectivity index is 1.86. The van der Waals surface area contributed by atoms with E-state index in [0.29, 0.717) is 17.9 Å². The number of nitrogens with zero attached hydrogens (tertiary/aromatic N) is 4. The van der Waals surface area contributed by atoms with Crippen molar-refractivity contribution in [2.24, 2.45) is 0 Å². The number of nitro groups is 1. The third kappa shape index (κ3) is 4.78. The number of amides is 1. The predicted molar refractivity (Wildman–Crippen MR) is 110 cm³/mol. The van der Waals surface area contributed by atoms with E-state index < -0.39 is 14.8 Å². The van der Waals surface area contributed by atoms with Gasteiger partial charge in [0.05, 0.1) is 9.82 Å². The number of hydrogen-bond acceptors (Lipinski definition) is 9. The number of rotatable bonds is 6. The Morgan fingerprint density at radius 2 is 1.80 bits per heavy atom. The van der Waals surface area contributed by atoms with Gasteiger partial charge in [-0.2, -0.15) is 0 Å². The van der Waals surface area contributed by atoms with Gasteiger partial charge >= 0.3 is 5.69 Å². The molecule has 0 spiro atoms. The van der Waals surface area contributed by atoms with Gasteiger partial charge in [0.15, 0.2) is 9.84 Å². The molecule has 1 aromatic heterocycles. The van der Waals surface area contributed by atoms with E-state index in [9.17, 15) is 23.3 Å². The highest BCUT2D eigenvalue weighted by atomic mass is 32.2. The molecule has 2 heterocycles. The van der Waals surface area contributed by atoms with Crippen LogP contribution in [0.3, 0.4) is 0 Å². The van der Waals surface area contributed by atoms with Crippen LogP contribution in [-0.2, 0) is 14.6 Å². The maximum Gasteiger partial charge on any atom is 0.353 e. The molecule has 0 unspecified atom stereocenters. The number of carbonyl (C=O) groups excluding carboxylic acids is 1. The summed E-state index contributed by atoms with van der Waals surface area (Å²) in [5.41, 5.74) is 0.578. The van der Waals surface area contributed by atoms with Gasteiger partial charge in [0.1, 0.15) is 6.33 Å². The van der Waals surface area contributed by atoms with Crippen LogP contribution in [0.5, 0.6) is 0 Å². The van der Waals surface area contributed by atoms with Gasteiger partial charge < -0.3 is 15.5 Å². The van der Waals surface area contributed by atoms with E-state index in [0.717, 1.165) is 12.6 Å². The van der Waals surface area contributed by atoms with E-state index in [-0.39, 0.29) is 28.1 Å². The lowest BCUT2D eigenvalue weighted by atomic mass is 10.2. The number of allylic oxidation sites excluding steroid dienone is 1. The van der Waals surface area contributed by atoms with Crippen molar-refractivity contribution in [2.45, 2.75) is 11.8 Å². The molecule has 0 saturated heterocycles. The van der Waals surface area contributed by atoms with Crippen molar-refractivity contribution in [3.8, 4) is 0 Å². The molecule has 2 N–H and O–H groups in total. The van der Waals surface area contributed by atoms with Crippen LogP contribution in [0, 0.1) is 10.1 Å². The Labute approximate surface area is 172 Å². The van der Waals surface area contributed by atoms with Crippen LogP contribution >= 0.6 is 0 Å². The summed E-state index contributed by atoms with van der Waals surface area (Å²) in [5.74, 6) is -0.212. The van der Waals surface area contributed by atoms with E-state index in [4.69, 9.17) is 0 Å². The summed E-state index contributed by atoms with van der Waals surface area (Å²) >= 11 is 0. The van der Waals surface area contributed by atoms with Crippen LogP contribution < -0.4 is 10.6 Å². The van der Waals surface area contributed by atoms with E-state index in [1.165, 1.54) is 36.1 Å². The first kappa shape index (κ1) is 20.9. The number of nitrogens with one attached hydrogen (secondary N) is 2. The first-order valence-corrected chi connectivity index (χ1v) is 10.5. The summed E-state index contributed by atoms with van der Waals surface area (Å²) in [7, 11) is -3.36. The molecule has 2 aromatic rings. The lowest BCUT2D eigenvalue weighted by molar-refractivity contribution is -0.383. The summed E-state index contributed by atoms with van der Waals surface area (Å²) in [6.45, 7) is 1.76. The molecule has 1 amide bonds. The quantitative estimate of drug-likeness (QED) is 0.520. The zero-order valence-electron chi connectivity index (χ0n) is 16.1. The summed E-state index contributed by atoms with van der Waals surface area (Å²) in [5, 5.41) is 17.4. The van der Waals surface area contributed by atoms with Crippen molar-refractivity contribution < 1.29 is 18.1 Å². The number of hydrogen-bond donors (Lipinski definition) is 2. The van der Waals surface area contributed by atoms with Crippen molar-refractivity contribution in [1.29, 1.82) is 0 Å². The topological polar surface area (TPSA) is 147 Å². The Morgan fingerprint density at radius 1 is 1.17 bits per heavy atom. The smallest absolute Gasteiger partial charge is 0.334 e. The fourth-order valence-electron chi connectivity index (χ4n) is 2.62. The second-order valence-corrected chi connectivity index (χ2v) is 8.39. The standard InChI is InChI=1S/C18H18N6O5S/c1-12(25)23-9-7-14(8-10-23)22-18-16(24(26)27)17(19-11-20-18)21-13-3-5-15(6-4-13)30(2,28)29/h3-9,11H,10H2,1-2H3,(H2,19,20,21,22). The van der Waals surface area contributed by atoms with E-state index >= 15 is 0 Å². The highest BCUT2D eigenvalue weighted by molar-refractivity contribution is 7.90. The zero-order chi connectivity index (χ0) is 21.9. The molecule has 0 fully saturated rings. The first-order valence-electron chi connectivity index (χ1n) is 8.64. The molecule has 1 aromatic carbocycles. The van der Waals surface area contributed by atoms with Crippen LogP contribution in [0.2, 0.25) is 0 Å². The number of aromatic nitrogens is 2. The molecular formula is C18H18N6O5S. The Hall–Kier alpha value is -3.80. The van der Waals surface area contributed by atoms with Gasteiger partial charge in [-0.25, -0.2) is 18.4 Å². The molecule has 30 heavy (non-hydrogen) atoms. The molecule has 12 heteroatoms. The molecular weight excluding hydrogens is 412 g/mol. The molecule has 0 bridgehead atoms. The normalized spacial score (nSPS) is 13.5. The van der Waals surface area contributed by atoms with E-state index in [1.54, 1.807) is 18.4 Å². The van der Waals surface area contributed by atoms with Gasteiger partial charge in [0.2, 0.25) is 17.5 Å². The molecule has 0 radical (unpaired) electrons. The number of anilines is 3. The Bertz CT molecular complexity index is 1160. The van der Waals surface area contributed by atoms with Gasteiger partial charge in [0, 0.05) is 37.3 Å². The van der Waals surface area contributed by atoms with Crippen molar-refractivity contribution >= 4 is 38.8 Å². The Kier molecular flexibility index (Phi) is 5.78. The second kappa shape index (κ2) is 8.29. The van der Waals surface area contributed by atoms with Crippen molar-refractivity contribution in [2.75, 3.05) is 23.4 Å². The van der Waals surface area contributed by atoms with Crippen molar-refractivity contribution in [3.05, 3.63) is 64.8 Å². The van der Waals surface area contributed by atoms with Crippen LogP contribution in [-0.4, -0.2) is 46.9 Å². The first-order chi connectivity index (χ1) is 14.1. The SMILES string of the molecule is CC(=O)N1C=CC(Nc2ncnc(Nc3ccc(S(C)(=O)=O)cc3)c2[N+](=O)[O-])=CC1. The molecule has 0 saturated carbocycles. The van der Waals surface area contributed by atoms with Crippen LogP contribution in [0.25, 0.3) is 0 Å². The predicted octanol–water partition coefficient (Wildman–Crippen LogP) is 2.20. The summed E-state index contributed by atoms with van der Waals surface area (Å²) in [6.07, 6.45) is 7.13. The van der Waals surface area contributed by atoms with Crippen molar-refractivity contribution in [1.82, 2.24) is 14.9 Å². The third-order valence-electron chi connectivity index (χ3n) is 4.16. The van der Waals surface area contributed by atoms with Gasteiger partial charge in [-0.3, -0.25) is 14.9 Å². The molecule has 1 aliphatic heterocycles. The average Bonchev–Trinajstić information content (AvgIpc) is 2.68. The highest BCUT2D eigenvalue weighted by Crippen LogP contribution is 2.32. The molecule has 156 valence electrons. The minimum Gasteiger partial charge on any atom is -0.334 e. The number of sulfone groups is 1. The van der Waals surface area contributed by atoms with Crippen LogP contribution in [0.1, 0.15) is 6.92 Å². The molecule has 0 aliphatic carbocycles. The van der Waals surface area contributed by atoms with E-state index in [1.807, 2.05) is 0 Å². The van der Waals surface area contributed by atoms with Crippen LogP contribution in [0.4, 0.5) is 23.0 Å². The second-order valence-electron chi connectivity index (χ2n) is 6.37. The number of benzene rings is 1. The Morgan fingerprint density at radius 3 is 2.30 bits per heavy atom. The lowest BCUT2D eigenvalue weighted by Gasteiger charge is -2.19. The monoisotopic (exact) mass is 430 g/mol. The average molecular weight is 430 g/mol. The fraction of sp³-hybridized carbons (Fsp3) is 0.167. The summed E-state index contributed by atoms with van der Waals surface area (Å²) in [6, 6.07) is 5.75.